The number of anilines is 2. The van der Waals surface area contributed by atoms with E-state index in [2.05, 4.69) is 15.3 Å². The fourth-order valence-corrected chi connectivity index (χ4v) is 3.11. The fourth-order valence-electron chi connectivity index (χ4n) is 3.11. The number of rotatable bonds is 2. The van der Waals surface area contributed by atoms with Gasteiger partial charge in [-0.25, -0.2) is 10.8 Å². The van der Waals surface area contributed by atoms with Crippen LogP contribution in [0.3, 0.4) is 0 Å². The average molecular weight is 261 g/mol. The monoisotopic (exact) mass is 261 g/mol. The highest BCUT2D eigenvalue weighted by Gasteiger charge is 2.20. The van der Waals surface area contributed by atoms with Gasteiger partial charge in [-0.05, 0) is 44.9 Å². The van der Waals surface area contributed by atoms with Gasteiger partial charge >= 0.3 is 0 Å². The molecule has 2 aliphatic rings. The van der Waals surface area contributed by atoms with Crippen molar-refractivity contribution in [2.24, 2.45) is 5.84 Å². The zero-order valence-corrected chi connectivity index (χ0v) is 11.5. The second-order valence-electron chi connectivity index (χ2n) is 5.55. The Balaban J connectivity index is 1.94. The van der Waals surface area contributed by atoms with Crippen molar-refractivity contribution in [3.8, 4) is 0 Å². The lowest BCUT2D eigenvalue weighted by molar-refractivity contribution is 0.567. The van der Waals surface area contributed by atoms with E-state index in [9.17, 15) is 0 Å². The van der Waals surface area contributed by atoms with Crippen molar-refractivity contribution < 1.29 is 0 Å². The maximum atomic E-state index is 5.66. The Morgan fingerprint density at radius 3 is 2.42 bits per heavy atom. The van der Waals surface area contributed by atoms with E-state index in [0.29, 0.717) is 0 Å². The van der Waals surface area contributed by atoms with Crippen molar-refractivity contribution in [1.29, 1.82) is 0 Å². The van der Waals surface area contributed by atoms with Gasteiger partial charge in [-0.3, -0.25) is 0 Å². The highest BCUT2D eigenvalue weighted by Crippen LogP contribution is 2.27. The van der Waals surface area contributed by atoms with E-state index < -0.39 is 0 Å². The summed E-state index contributed by atoms with van der Waals surface area (Å²) in [5, 5.41) is 0. The molecule has 3 N–H and O–H groups in total. The molecule has 0 radical (unpaired) electrons. The summed E-state index contributed by atoms with van der Waals surface area (Å²) in [7, 11) is 0. The summed E-state index contributed by atoms with van der Waals surface area (Å²) in [6.07, 6.45) is 9.64. The van der Waals surface area contributed by atoms with Gasteiger partial charge in [-0.2, -0.15) is 4.98 Å². The van der Waals surface area contributed by atoms with Crippen LogP contribution in [0.5, 0.6) is 0 Å². The Morgan fingerprint density at radius 1 is 0.895 bits per heavy atom. The number of piperidine rings is 1. The summed E-state index contributed by atoms with van der Waals surface area (Å²) >= 11 is 0. The number of fused-ring (bicyclic) bond motifs is 1. The Morgan fingerprint density at radius 2 is 1.63 bits per heavy atom. The summed E-state index contributed by atoms with van der Waals surface area (Å²) < 4.78 is 0. The van der Waals surface area contributed by atoms with E-state index in [1.165, 1.54) is 49.8 Å². The average Bonchev–Trinajstić information content (AvgIpc) is 2.72. The largest absolute Gasteiger partial charge is 0.341 e. The van der Waals surface area contributed by atoms with Gasteiger partial charge in [0.25, 0.3) is 0 Å². The van der Waals surface area contributed by atoms with Gasteiger partial charge in [0.2, 0.25) is 5.95 Å². The van der Waals surface area contributed by atoms with Crippen LogP contribution in [0.25, 0.3) is 0 Å². The second-order valence-corrected chi connectivity index (χ2v) is 5.55. The molecule has 0 saturated carbocycles. The third-order valence-corrected chi connectivity index (χ3v) is 4.20. The van der Waals surface area contributed by atoms with E-state index in [-0.39, 0.29) is 0 Å². The van der Waals surface area contributed by atoms with Gasteiger partial charge in [0, 0.05) is 18.7 Å². The van der Waals surface area contributed by atoms with Crippen molar-refractivity contribution >= 4 is 11.8 Å². The van der Waals surface area contributed by atoms with E-state index in [1.54, 1.807) is 0 Å². The van der Waals surface area contributed by atoms with Crippen molar-refractivity contribution in [3.63, 3.8) is 0 Å². The number of hydrazine groups is 1. The quantitative estimate of drug-likeness (QED) is 0.484. The second kappa shape index (κ2) is 5.74. The molecule has 0 aromatic carbocycles. The number of aryl methyl sites for hydroxylation is 1. The highest BCUT2D eigenvalue weighted by atomic mass is 15.3. The third-order valence-electron chi connectivity index (χ3n) is 4.20. The van der Waals surface area contributed by atoms with Crippen LogP contribution in [-0.2, 0) is 12.8 Å². The molecule has 1 aliphatic carbocycles. The summed E-state index contributed by atoms with van der Waals surface area (Å²) in [4.78, 5) is 11.8. The Bertz CT molecular complexity index is 440. The molecule has 0 atom stereocenters. The molecule has 104 valence electrons. The minimum atomic E-state index is 0.840. The van der Waals surface area contributed by atoms with Crippen LogP contribution in [-0.4, -0.2) is 23.1 Å². The maximum absolute atomic E-state index is 5.66. The van der Waals surface area contributed by atoms with Crippen LogP contribution in [0.2, 0.25) is 0 Å². The predicted octanol–water partition coefficient (Wildman–Crippen LogP) is 2.02. The summed E-state index contributed by atoms with van der Waals surface area (Å²) in [5.74, 6) is 7.37. The van der Waals surface area contributed by atoms with Gasteiger partial charge < -0.3 is 10.3 Å². The molecule has 1 saturated heterocycles. The molecular weight excluding hydrogens is 238 g/mol. The molecule has 0 bridgehead atoms. The SMILES string of the molecule is NNc1nc(N2CCCCC2)nc2c1CCCCC2. The Kier molecular flexibility index (Phi) is 3.82. The molecule has 5 nitrogen and oxygen atoms in total. The summed E-state index contributed by atoms with van der Waals surface area (Å²) in [6, 6.07) is 0. The van der Waals surface area contributed by atoms with Crippen molar-refractivity contribution in [3.05, 3.63) is 11.3 Å². The van der Waals surface area contributed by atoms with Crippen LogP contribution in [0.4, 0.5) is 11.8 Å². The molecule has 1 aliphatic heterocycles. The molecule has 0 unspecified atom stereocenters. The number of hydrogen-bond acceptors (Lipinski definition) is 5. The van der Waals surface area contributed by atoms with Gasteiger partial charge in [0.1, 0.15) is 5.82 Å². The minimum Gasteiger partial charge on any atom is -0.341 e. The first-order valence-corrected chi connectivity index (χ1v) is 7.50. The first kappa shape index (κ1) is 12.7. The van der Waals surface area contributed by atoms with Gasteiger partial charge in [-0.1, -0.05) is 6.42 Å². The lowest BCUT2D eigenvalue weighted by atomic mass is 10.1. The molecule has 19 heavy (non-hydrogen) atoms. The summed E-state index contributed by atoms with van der Waals surface area (Å²) in [6.45, 7) is 2.14. The molecule has 3 rings (SSSR count). The number of nitrogens with two attached hydrogens (primary N) is 1. The van der Waals surface area contributed by atoms with Crippen molar-refractivity contribution in [2.45, 2.75) is 51.4 Å². The van der Waals surface area contributed by atoms with Crippen LogP contribution in [0.15, 0.2) is 0 Å². The van der Waals surface area contributed by atoms with Crippen molar-refractivity contribution in [1.82, 2.24) is 9.97 Å². The maximum Gasteiger partial charge on any atom is 0.227 e. The molecule has 1 fully saturated rings. The number of nitrogen functional groups attached to an aromatic ring is 1. The lowest BCUT2D eigenvalue weighted by Crippen LogP contribution is -2.32. The van der Waals surface area contributed by atoms with Crippen LogP contribution in [0, 0.1) is 0 Å². The van der Waals surface area contributed by atoms with Crippen LogP contribution < -0.4 is 16.2 Å². The number of nitrogens with zero attached hydrogens (tertiary/aromatic N) is 3. The molecular formula is C14H23N5. The molecule has 1 aromatic rings. The van der Waals surface area contributed by atoms with Gasteiger partial charge in [0.15, 0.2) is 0 Å². The lowest BCUT2D eigenvalue weighted by Gasteiger charge is -2.27. The van der Waals surface area contributed by atoms with E-state index in [0.717, 1.165) is 37.7 Å². The van der Waals surface area contributed by atoms with Gasteiger partial charge in [-0.15, -0.1) is 0 Å². The van der Waals surface area contributed by atoms with E-state index in [1.807, 2.05) is 0 Å². The smallest absolute Gasteiger partial charge is 0.227 e. The normalized spacial score (nSPS) is 19.7. The highest BCUT2D eigenvalue weighted by molar-refractivity contribution is 5.51. The Labute approximate surface area is 114 Å². The predicted molar refractivity (Wildman–Crippen MR) is 77.2 cm³/mol. The zero-order valence-electron chi connectivity index (χ0n) is 11.5. The zero-order chi connectivity index (χ0) is 13.1. The topological polar surface area (TPSA) is 67.1 Å². The first-order chi connectivity index (χ1) is 9.38. The molecule has 5 heteroatoms. The standard InChI is InChI=1S/C14H23N5/c15-18-13-11-7-3-1-4-8-12(11)16-14(17-13)19-9-5-2-6-10-19/h1-10,15H2,(H,16,17,18). The fraction of sp³-hybridized carbons (Fsp3) is 0.714. The summed E-state index contributed by atoms with van der Waals surface area (Å²) in [5.41, 5.74) is 5.23. The molecule has 0 amide bonds. The number of aromatic nitrogens is 2. The van der Waals surface area contributed by atoms with Crippen molar-refractivity contribution in [2.75, 3.05) is 23.4 Å². The van der Waals surface area contributed by atoms with E-state index >= 15 is 0 Å². The van der Waals surface area contributed by atoms with Crippen LogP contribution >= 0.6 is 0 Å². The Hall–Kier alpha value is -1.36. The first-order valence-electron chi connectivity index (χ1n) is 7.50. The number of nitrogens with one attached hydrogen (secondary N) is 1. The molecule has 0 spiro atoms. The van der Waals surface area contributed by atoms with Gasteiger partial charge in [0.05, 0.1) is 5.69 Å². The third kappa shape index (κ3) is 2.66. The van der Waals surface area contributed by atoms with E-state index in [4.69, 9.17) is 10.8 Å². The number of hydrogen-bond donors (Lipinski definition) is 2. The van der Waals surface area contributed by atoms with Crippen LogP contribution in [0.1, 0.15) is 49.8 Å². The molecule has 2 heterocycles. The minimum absolute atomic E-state index is 0.840. The molecule has 1 aromatic heterocycles.